The number of carboxylic acids is 1. The summed E-state index contributed by atoms with van der Waals surface area (Å²) in [5, 5.41) is 17.8. The van der Waals surface area contributed by atoms with Gasteiger partial charge in [-0.05, 0) is 17.7 Å². The summed E-state index contributed by atoms with van der Waals surface area (Å²) in [5.74, 6) is -0.962. The highest BCUT2D eigenvalue weighted by atomic mass is 32.2. The maximum Gasteiger partial charge on any atom is 0.254 e. The van der Waals surface area contributed by atoms with Crippen LogP contribution in [0.4, 0.5) is 0 Å². The van der Waals surface area contributed by atoms with Crippen LogP contribution in [-0.2, 0) is 14.4 Å². The van der Waals surface area contributed by atoms with Gasteiger partial charge in [-0.15, -0.1) is 16.9 Å². The maximum atomic E-state index is 12.2. The van der Waals surface area contributed by atoms with Crippen LogP contribution < -0.4 is 15.2 Å². The molecule has 0 aliphatic carbocycles. The molecule has 2 aliphatic heterocycles. The van der Waals surface area contributed by atoms with Crippen molar-refractivity contribution < 1.29 is 24.2 Å². The molecule has 0 radical (unpaired) electrons. The van der Waals surface area contributed by atoms with Crippen molar-refractivity contribution in [3.63, 3.8) is 0 Å². The standard InChI is InChI=1S/C15H15N3O5S2/c1-23-9-4-2-8(3-5-9)14-18(11(19)7-24-14)17-15-16-13(22)10(25-15)6-12(20)21/h2-5,10,14H,6-7H2,1H3,(H,20,21)(H,16,17,22)/p-1/t10-,14-/m0/s1. The van der Waals surface area contributed by atoms with Crippen molar-refractivity contribution in [3.05, 3.63) is 29.8 Å². The van der Waals surface area contributed by atoms with Crippen LogP contribution in [0.25, 0.3) is 0 Å². The Morgan fingerprint density at radius 3 is 2.76 bits per heavy atom. The molecule has 0 spiro atoms. The molecule has 132 valence electrons. The molecule has 2 heterocycles. The van der Waals surface area contributed by atoms with Gasteiger partial charge < -0.3 is 20.0 Å². The highest BCUT2D eigenvalue weighted by Crippen LogP contribution is 2.40. The van der Waals surface area contributed by atoms with Gasteiger partial charge in [0, 0.05) is 12.4 Å². The molecule has 10 heteroatoms. The number of carbonyl (C=O) groups excluding carboxylic acids is 3. The predicted octanol–water partition coefficient (Wildman–Crippen LogP) is -0.0882. The lowest BCUT2D eigenvalue weighted by molar-refractivity contribution is -0.305. The lowest BCUT2D eigenvalue weighted by Gasteiger charge is -2.19. The number of carboxylic acid groups (broad SMARTS) is 1. The van der Waals surface area contributed by atoms with Crippen molar-refractivity contribution in [2.75, 3.05) is 12.9 Å². The fraction of sp³-hybridized carbons (Fsp3) is 0.333. The molecule has 2 saturated heterocycles. The minimum atomic E-state index is -1.31. The summed E-state index contributed by atoms with van der Waals surface area (Å²) in [4.78, 5) is 34.6. The van der Waals surface area contributed by atoms with Crippen molar-refractivity contribution in [1.29, 1.82) is 0 Å². The minimum absolute atomic E-state index is 0.184. The number of carbonyl (C=O) groups is 3. The van der Waals surface area contributed by atoms with Gasteiger partial charge in [-0.3, -0.25) is 9.59 Å². The van der Waals surface area contributed by atoms with Crippen LogP contribution >= 0.6 is 23.5 Å². The Balaban J connectivity index is 1.78. The lowest BCUT2D eigenvalue weighted by atomic mass is 10.2. The number of ether oxygens (including phenoxy) is 1. The molecule has 1 aromatic carbocycles. The normalized spacial score (nSPS) is 24.7. The van der Waals surface area contributed by atoms with Crippen molar-refractivity contribution in [2.24, 2.45) is 5.10 Å². The molecule has 2 amide bonds. The molecule has 25 heavy (non-hydrogen) atoms. The van der Waals surface area contributed by atoms with E-state index in [9.17, 15) is 19.5 Å². The molecule has 0 aromatic heterocycles. The van der Waals surface area contributed by atoms with Gasteiger partial charge >= 0.3 is 0 Å². The first kappa shape index (κ1) is 17.6. The van der Waals surface area contributed by atoms with E-state index in [-0.39, 0.29) is 22.2 Å². The Morgan fingerprint density at radius 1 is 1.40 bits per heavy atom. The van der Waals surface area contributed by atoms with E-state index in [0.717, 1.165) is 17.3 Å². The van der Waals surface area contributed by atoms with Crippen molar-refractivity contribution in [1.82, 2.24) is 10.3 Å². The molecular formula is C15H14N3O5S2-. The van der Waals surface area contributed by atoms with E-state index in [4.69, 9.17) is 4.74 Å². The molecule has 0 saturated carbocycles. The van der Waals surface area contributed by atoms with Crippen LogP contribution in [0.5, 0.6) is 5.75 Å². The van der Waals surface area contributed by atoms with E-state index in [1.54, 1.807) is 19.2 Å². The van der Waals surface area contributed by atoms with Gasteiger partial charge in [-0.1, -0.05) is 23.9 Å². The monoisotopic (exact) mass is 380 g/mol. The van der Waals surface area contributed by atoms with Gasteiger partial charge in [-0.2, -0.15) is 0 Å². The van der Waals surface area contributed by atoms with Gasteiger partial charge in [-0.25, -0.2) is 5.01 Å². The summed E-state index contributed by atoms with van der Waals surface area (Å²) < 4.78 is 5.12. The smallest absolute Gasteiger partial charge is 0.254 e. The zero-order valence-corrected chi connectivity index (χ0v) is 14.8. The average Bonchev–Trinajstić information content (AvgIpc) is 3.11. The molecule has 3 rings (SSSR count). The predicted molar refractivity (Wildman–Crippen MR) is 91.6 cm³/mol. The third-order valence-electron chi connectivity index (χ3n) is 3.57. The summed E-state index contributed by atoms with van der Waals surface area (Å²) in [6.45, 7) is 0. The highest BCUT2D eigenvalue weighted by molar-refractivity contribution is 8.15. The highest BCUT2D eigenvalue weighted by Gasteiger charge is 2.36. The number of hydrogen-bond donors (Lipinski definition) is 1. The van der Waals surface area contributed by atoms with Crippen LogP contribution in [0.1, 0.15) is 17.4 Å². The summed E-state index contributed by atoms with van der Waals surface area (Å²) in [6, 6.07) is 7.29. The maximum absolute atomic E-state index is 12.2. The van der Waals surface area contributed by atoms with Gasteiger partial charge in [0.1, 0.15) is 11.1 Å². The third-order valence-corrected chi connectivity index (χ3v) is 5.84. The van der Waals surface area contributed by atoms with Crippen LogP contribution in [0, 0.1) is 0 Å². The summed E-state index contributed by atoms with van der Waals surface area (Å²) in [6.07, 6.45) is -0.403. The SMILES string of the molecule is COc1ccc([C@@H]2SCC(=O)N2/N=C2/NC(=O)[C@H](CC(=O)[O-])S2)cc1. The first-order valence-corrected chi connectivity index (χ1v) is 9.24. The number of thioether (sulfide) groups is 2. The third kappa shape index (κ3) is 3.90. The second kappa shape index (κ2) is 7.36. The lowest BCUT2D eigenvalue weighted by Crippen LogP contribution is -2.32. The van der Waals surface area contributed by atoms with Crippen molar-refractivity contribution in [2.45, 2.75) is 17.0 Å². The van der Waals surface area contributed by atoms with Crippen LogP contribution in [-0.4, -0.2) is 46.1 Å². The Hall–Kier alpha value is -2.20. The molecule has 0 bridgehead atoms. The number of hydrogen-bond acceptors (Lipinski definition) is 8. The molecule has 0 unspecified atom stereocenters. The summed E-state index contributed by atoms with van der Waals surface area (Å²) in [7, 11) is 1.57. The molecule has 2 fully saturated rings. The summed E-state index contributed by atoms with van der Waals surface area (Å²) in [5.41, 5.74) is 0.876. The number of hydrazone groups is 1. The number of benzene rings is 1. The molecule has 1 N–H and O–H groups in total. The first-order valence-electron chi connectivity index (χ1n) is 7.31. The first-order chi connectivity index (χ1) is 12.0. The number of rotatable bonds is 5. The van der Waals surface area contributed by atoms with E-state index in [2.05, 4.69) is 10.4 Å². The number of nitrogens with zero attached hydrogens (tertiary/aromatic N) is 2. The van der Waals surface area contributed by atoms with Crippen LogP contribution in [0.3, 0.4) is 0 Å². The quantitative estimate of drug-likeness (QED) is 0.760. The van der Waals surface area contributed by atoms with Crippen molar-refractivity contribution in [3.8, 4) is 5.75 Å². The zero-order valence-electron chi connectivity index (χ0n) is 13.1. The topological polar surface area (TPSA) is 111 Å². The average molecular weight is 380 g/mol. The number of nitrogens with one attached hydrogen (secondary N) is 1. The van der Waals surface area contributed by atoms with Crippen LogP contribution in [0.2, 0.25) is 0 Å². The number of amidine groups is 1. The Labute approximate surface area is 152 Å². The Kier molecular flexibility index (Phi) is 5.19. The fourth-order valence-electron chi connectivity index (χ4n) is 2.37. The van der Waals surface area contributed by atoms with Crippen LogP contribution in [0.15, 0.2) is 29.4 Å². The van der Waals surface area contributed by atoms with E-state index in [1.165, 1.54) is 16.8 Å². The molecule has 1 aromatic rings. The molecular weight excluding hydrogens is 366 g/mol. The minimum Gasteiger partial charge on any atom is -0.550 e. The van der Waals surface area contributed by atoms with E-state index in [0.29, 0.717) is 5.75 Å². The summed E-state index contributed by atoms with van der Waals surface area (Å²) >= 11 is 2.41. The molecule has 2 aliphatic rings. The largest absolute Gasteiger partial charge is 0.550 e. The van der Waals surface area contributed by atoms with E-state index >= 15 is 0 Å². The van der Waals surface area contributed by atoms with Gasteiger partial charge in [0.15, 0.2) is 5.17 Å². The van der Waals surface area contributed by atoms with Gasteiger partial charge in [0.25, 0.3) is 5.91 Å². The zero-order chi connectivity index (χ0) is 18.0. The Bertz CT molecular complexity index is 737. The number of aliphatic carboxylic acids is 1. The van der Waals surface area contributed by atoms with Gasteiger partial charge in [0.05, 0.1) is 18.1 Å². The molecule has 2 atom stereocenters. The second-order valence-electron chi connectivity index (χ2n) is 5.25. The van der Waals surface area contributed by atoms with E-state index in [1.807, 2.05) is 12.1 Å². The molecule has 8 nitrogen and oxygen atoms in total. The van der Waals surface area contributed by atoms with E-state index < -0.39 is 23.5 Å². The number of amides is 2. The number of methoxy groups -OCH3 is 1. The van der Waals surface area contributed by atoms with Crippen molar-refractivity contribution >= 4 is 46.5 Å². The fourth-order valence-corrected chi connectivity index (χ4v) is 4.41. The Morgan fingerprint density at radius 2 is 2.12 bits per heavy atom. The second-order valence-corrected chi connectivity index (χ2v) is 7.51. The van der Waals surface area contributed by atoms with Gasteiger partial charge in [0.2, 0.25) is 5.91 Å².